The Hall–Kier alpha value is -1.56. The summed E-state index contributed by atoms with van der Waals surface area (Å²) in [5, 5.41) is 40.1. The average molecular weight is 827 g/mol. The Bertz CT molecular complexity index is 959. The van der Waals surface area contributed by atoms with Crippen LogP contribution in [0.25, 0.3) is 0 Å². The maximum Gasteiger partial charge on any atom is 0.306 e. The van der Waals surface area contributed by atoms with E-state index in [2.05, 4.69) is 26.0 Å². The summed E-state index contributed by atoms with van der Waals surface area (Å²) in [6.45, 7) is 3.42. The van der Waals surface area contributed by atoms with Crippen molar-refractivity contribution in [3.8, 4) is 0 Å². The molecule has 1 saturated heterocycles. The Morgan fingerprint density at radius 2 is 0.914 bits per heavy atom. The van der Waals surface area contributed by atoms with Crippen molar-refractivity contribution in [2.24, 2.45) is 0 Å². The number of aliphatic hydroxyl groups is 4. The van der Waals surface area contributed by atoms with Crippen LogP contribution < -0.4 is 0 Å². The number of allylic oxidation sites excluding steroid dienone is 2. The molecule has 0 spiro atoms. The van der Waals surface area contributed by atoms with Gasteiger partial charge in [-0.15, -0.1) is 0 Å². The standard InChI is InChI=1S/C48H90O10/c1-3-5-7-9-11-13-15-17-18-19-20-21-22-23-24-25-27-29-31-33-35-37-44(51)57-41(40-56-48-47(54)46(53)45(52)42(38-49)58-48)39-55-43(50)36-34-32-30-28-26-16-14-12-10-8-6-4-2/h12,14,41-42,45-49,52-54H,3-11,13,15-40H2,1-2H3/b14-12+/t41-,42-,45+,46?,47?,48-/m1/s1. The largest absolute Gasteiger partial charge is 0.462 e. The van der Waals surface area contributed by atoms with Crippen molar-refractivity contribution in [3.05, 3.63) is 12.2 Å². The first-order valence-electron chi connectivity index (χ1n) is 24.3. The third-order valence-corrected chi connectivity index (χ3v) is 11.4. The molecule has 10 heteroatoms. The van der Waals surface area contributed by atoms with Gasteiger partial charge in [0.2, 0.25) is 0 Å². The van der Waals surface area contributed by atoms with Crippen LogP contribution >= 0.6 is 0 Å². The molecule has 0 aromatic heterocycles. The third-order valence-electron chi connectivity index (χ3n) is 11.4. The quantitative estimate of drug-likeness (QED) is 0.0266. The van der Waals surface area contributed by atoms with Gasteiger partial charge in [0.25, 0.3) is 0 Å². The fourth-order valence-corrected chi connectivity index (χ4v) is 7.54. The van der Waals surface area contributed by atoms with E-state index in [4.69, 9.17) is 18.9 Å². The first-order chi connectivity index (χ1) is 28.3. The molecular weight excluding hydrogens is 737 g/mol. The number of rotatable bonds is 41. The lowest BCUT2D eigenvalue weighted by Gasteiger charge is -2.39. The molecule has 10 nitrogen and oxygen atoms in total. The zero-order valence-corrected chi connectivity index (χ0v) is 37.3. The summed E-state index contributed by atoms with van der Waals surface area (Å²) in [4.78, 5) is 25.3. The number of carbonyl (C=O) groups excluding carboxylic acids is 2. The van der Waals surface area contributed by atoms with Gasteiger partial charge in [0.15, 0.2) is 12.4 Å². The van der Waals surface area contributed by atoms with Crippen LogP contribution in [0.1, 0.15) is 226 Å². The normalized spacial score (nSPS) is 20.1. The van der Waals surface area contributed by atoms with Crippen LogP contribution in [0.3, 0.4) is 0 Å². The van der Waals surface area contributed by atoms with E-state index in [0.29, 0.717) is 6.42 Å². The monoisotopic (exact) mass is 827 g/mol. The van der Waals surface area contributed by atoms with Gasteiger partial charge in [-0.05, 0) is 38.5 Å². The second-order valence-electron chi connectivity index (χ2n) is 16.9. The summed E-state index contributed by atoms with van der Waals surface area (Å²) in [6, 6.07) is 0. The molecule has 58 heavy (non-hydrogen) atoms. The first-order valence-corrected chi connectivity index (χ1v) is 24.3. The van der Waals surface area contributed by atoms with Gasteiger partial charge in [-0.25, -0.2) is 0 Å². The molecule has 0 amide bonds. The topological polar surface area (TPSA) is 152 Å². The van der Waals surface area contributed by atoms with Crippen LogP contribution in [0, 0.1) is 0 Å². The molecule has 1 aliphatic heterocycles. The highest BCUT2D eigenvalue weighted by Crippen LogP contribution is 2.23. The van der Waals surface area contributed by atoms with E-state index in [0.717, 1.165) is 64.2 Å². The highest BCUT2D eigenvalue weighted by atomic mass is 16.7. The predicted molar refractivity (Wildman–Crippen MR) is 233 cm³/mol. The molecule has 6 atom stereocenters. The number of hydrogen-bond donors (Lipinski definition) is 4. The number of carbonyl (C=O) groups is 2. The lowest BCUT2D eigenvalue weighted by molar-refractivity contribution is -0.305. The summed E-state index contributed by atoms with van der Waals surface area (Å²) in [7, 11) is 0. The lowest BCUT2D eigenvalue weighted by Crippen LogP contribution is -2.59. The molecule has 0 aromatic carbocycles. The highest BCUT2D eigenvalue weighted by Gasteiger charge is 2.44. The number of esters is 2. The molecule has 342 valence electrons. The zero-order valence-electron chi connectivity index (χ0n) is 37.3. The molecule has 0 saturated carbocycles. The van der Waals surface area contributed by atoms with Crippen LogP contribution in [-0.2, 0) is 28.5 Å². The van der Waals surface area contributed by atoms with Crippen LogP contribution in [-0.4, -0.2) is 89.0 Å². The Labute approximate surface area is 354 Å². The van der Waals surface area contributed by atoms with E-state index in [-0.39, 0.29) is 32.0 Å². The van der Waals surface area contributed by atoms with Crippen LogP contribution in [0.2, 0.25) is 0 Å². The summed E-state index contributed by atoms with van der Waals surface area (Å²) in [6.07, 6.45) is 35.1. The molecular formula is C48H90O10. The fraction of sp³-hybridized carbons (Fsp3) is 0.917. The SMILES string of the molecule is CCCCC/C=C/CCCCCCCC(=O)OC[C@H](CO[C@@H]1O[C@H](CO)[C@H](O)C(O)C1O)OC(=O)CCCCCCCCCCCCCCCCCCCCCCC. The molecule has 0 aliphatic carbocycles. The van der Waals surface area contributed by atoms with Crippen LogP contribution in [0.15, 0.2) is 12.2 Å². The highest BCUT2D eigenvalue weighted by molar-refractivity contribution is 5.70. The van der Waals surface area contributed by atoms with Gasteiger partial charge in [-0.2, -0.15) is 0 Å². The molecule has 1 aliphatic rings. The van der Waals surface area contributed by atoms with Gasteiger partial charge < -0.3 is 39.4 Å². The minimum atomic E-state index is -1.59. The maximum atomic E-state index is 12.8. The second kappa shape index (κ2) is 39.6. The van der Waals surface area contributed by atoms with Gasteiger partial charge in [-0.3, -0.25) is 9.59 Å². The lowest BCUT2D eigenvalue weighted by atomic mass is 9.99. The van der Waals surface area contributed by atoms with E-state index in [1.54, 1.807) is 0 Å². The Morgan fingerprint density at radius 3 is 1.38 bits per heavy atom. The van der Waals surface area contributed by atoms with E-state index in [1.165, 1.54) is 128 Å². The van der Waals surface area contributed by atoms with Crippen molar-refractivity contribution >= 4 is 11.9 Å². The van der Waals surface area contributed by atoms with E-state index in [1.807, 2.05) is 0 Å². The zero-order chi connectivity index (χ0) is 42.3. The van der Waals surface area contributed by atoms with Gasteiger partial charge in [0.1, 0.15) is 31.0 Å². The molecule has 2 unspecified atom stereocenters. The van der Waals surface area contributed by atoms with Crippen molar-refractivity contribution in [2.45, 2.75) is 263 Å². The van der Waals surface area contributed by atoms with Crippen LogP contribution in [0.4, 0.5) is 0 Å². The molecule has 0 aromatic rings. The predicted octanol–water partition coefficient (Wildman–Crippen LogP) is 10.7. The van der Waals surface area contributed by atoms with Gasteiger partial charge in [0.05, 0.1) is 13.2 Å². The fourth-order valence-electron chi connectivity index (χ4n) is 7.54. The van der Waals surface area contributed by atoms with Gasteiger partial charge >= 0.3 is 11.9 Å². The van der Waals surface area contributed by atoms with Crippen molar-refractivity contribution in [1.82, 2.24) is 0 Å². The number of hydrogen-bond acceptors (Lipinski definition) is 10. The minimum Gasteiger partial charge on any atom is -0.462 e. The van der Waals surface area contributed by atoms with Crippen molar-refractivity contribution in [3.63, 3.8) is 0 Å². The van der Waals surface area contributed by atoms with Crippen LogP contribution in [0.5, 0.6) is 0 Å². The Kier molecular flexibility index (Phi) is 37.2. The number of aliphatic hydroxyl groups excluding tert-OH is 4. The summed E-state index contributed by atoms with van der Waals surface area (Å²) in [5.41, 5.74) is 0. The Morgan fingerprint density at radius 1 is 0.517 bits per heavy atom. The van der Waals surface area contributed by atoms with Gasteiger partial charge in [0, 0.05) is 12.8 Å². The first kappa shape index (κ1) is 54.5. The summed E-state index contributed by atoms with van der Waals surface area (Å²) < 4.78 is 22.2. The number of ether oxygens (including phenoxy) is 4. The van der Waals surface area contributed by atoms with E-state index in [9.17, 15) is 30.0 Å². The Balaban J connectivity index is 2.25. The third kappa shape index (κ3) is 30.5. The van der Waals surface area contributed by atoms with Crippen molar-refractivity contribution < 1.29 is 49.0 Å². The molecule has 1 fully saturated rings. The molecule has 0 bridgehead atoms. The molecule has 1 heterocycles. The van der Waals surface area contributed by atoms with Gasteiger partial charge in [-0.1, -0.05) is 187 Å². The molecule has 1 rings (SSSR count). The second-order valence-corrected chi connectivity index (χ2v) is 16.9. The molecule has 0 radical (unpaired) electrons. The van der Waals surface area contributed by atoms with Crippen molar-refractivity contribution in [2.75, 3.05) is 19.8 Å². The minimum absolute atomic E-state index is 0.216. The van der Waals surface area contributed by atoms with Crippen molar-refractivity contribution in [1.29, 1.82) is 0 Å². The maximum absolute atomic E-state index is 12.8. The molecule has 4 N–H and O–H groups in total. The average Bonchev–Trinajstić information content (AvgIpc) is 3.22. The summed E-state index contributed by atoms with van der Waals surface area (Å²) >= 11 is 0. The number of unbranched alkanes of at least 4 members (excludes halogenated alkanes) is 28. The smallest absolute Gasteiger partial charge is 0.306 e. The van der Waals surface area contributed by atoms with E-state index < -0.39 is 49.4 Å². The summed E-state index contributed by atoms with van der Waals surface area (Å²) in [5.74, 6) is -0.805. The van der Waals surface area contributed by atoms with E-state index >= 15 is 0 Å².